The van der Waals surface area contributed by atoms with Gasteiger partial charge < -0.3 is 10.2 Å². The largest absolute Gasteiger partial charge is 0.336 e. The molecule has 2 atom stereocenters. The monoisotopic (exact) mass is 294 g/mol. The molecule has 1 aromatic rings. The molecule has 112 valence electrons. The van der Waals surface area contributed by atoms with Crippen molar-refractivity contribution >= 4 is 17.7 Å². The van der Waals surface area contributed by atoms with E-state index in [2.05, 4.69) is 42.9 Å². The Kier molecular flexibility index (Phi) is 5.66. The predicted molar refractivity (Wildman–Crippen MR) is 87.5 cm³/mol. The van der Waals surface area contributed by atoms with Crippen molar-refractivity contribution in [1.82, 2.24) is 15.3 Å². The van der Waals surface area contributed by atoms with Gasteiger partial charge in [0.25, 0.3) is 0 Å². The standard InChI is InChI=1S/C15H26N4S/c1-5-6-16-9-14-10-17-15(18-11(14)2)19-7-8-20-13(4)12(19)3/h10,12-13,16H,5-9H2,1-4H3. The number of nitrogens with zero attached hydrogens (tertiary/aromatic N) is 3. The lowest BCUT2D eigenvalue weighted by atomic mass is 10.2. The van der Waals surface area contributed by atoms with Crippen LogP contribution >= 0.6 is 11.8 Å². The molecule has 0 radical (unpaired) electrons. The molecule has 2 heterocycles. The van der Waals surface area contributed by atoms with E-state index >= 15 is 0 Å². The van der Waals surface area contributed by atoms with Crippen molar-refractivity contribution in [3.63, 3.8) is 0 Å². The van der Waals surface area contributed by atoms with E-state index in [1.807, 2.05) is 18.0 Å². The first kappa shape index (κ1) is 15.6. The predicted octanol–water partition coefficient (Wildman–Crippen LogP) is 2.61. The van der Waals surface area contributed by atoms with E-state index < -0.39 is 0 Å². The molecule has 1 aromatic heterocycles. The zero-order valence-electron chi connectivity index (χ0n) is 13.0. The number of anilines is 1. The van der Waals surface area contributed by atoms with Crippen molar-refractivity contribution in [2.24, 2.45) is 0 Å². The molecule has 0 amide bonds. The van der Waals surface area contributed by atoms with Crippen molar-refractivity contribution in [3.8, 4) is 0 Å². The topological polar surface area (TPSA) is 41.1 Å². The fraction of sp³-hybridized carbons (Fsp3) is 0.733. The molecule has 2 unspecified atom stereocenters. The van der Waals surface area contributed by atoms with Crippen LogP contribution in [0.1, 0.15) is 38.4 Å². The van der Waals surface area contributed by atoms with Gasteiger partial charge in [0.15, 0.2) is 0 Å². The lowest BCUT2D eigenvalue weighted by molar-refractivity contribution is 0.608. The summed E-state index contributed by atoms with van der Waals surface area (Å²) in [6, 6.07) is 0.497. The Bertz CT molecular complexity index is 438. The molecule has 0 bridgehead atoms. The van der Waals surface area contributed by atoms with Gasteiger partial charge in [0.2, 0.25) is 5.95 Å². The van der Waals surface area contributed by atoms with Gasteiger partial charge in [-0.2, -0.15) is 11.8 Å². The summed E-state index contributed by atoms with van der Waals surface area (Å²) in [6.07, 6.45) is 3.14. The van der Waals surface area contributed by atoms with E-state index in [-0.39, 0.29) is 0 Å². The second-order valence-electron chi connectivity index (χ2n) is 5.47. The van der Waals surface area contributed by atoms with E-state index in [4.69, 9.17) is 4.98 Å². The van der Waals surface area contributed by atoms with Gasteiger partial charge in [-0.15, -0.1) is 0 Å². The molecule has 0 saturated carbocycles. The van der Waals surface area contributed by atoms with Crippen molar-refractivity contribution in [2.75, 3.05) is 23.7 Å². The van der Waals surface area contributed by atoms with Gasteiger partial charge >= 0.3 is 0 Å². The zero-order chi connectivity index (χ0) is 14.5. The van der Waals surface area contributed by atoms with Gasteiger partial charge in [-0.25, -0.2) is 9.97 Å². The van der Waals surface area contributed by atoms with Crippen LogP contribution in [0, 0.1) is 6.92 Å². The quantitative estimate of drug-likeness (QED) is 0.846. The maximum Gasteiger partial charge on any atom is 0.225 e. The summed E-state index contributed by atoms with van der Waals surface area (Å²) in [5.41, 5.74) is 2.30. The maximum absolute atomic E-state index is 4.73. The highest BCUT2D eigenvalue weighted by molar-refractivity contribution is 8.00. The van der Waals surface area contributed by atoms with Crippen LogP contribution in [0.25, 0.3) is 0 Å². The van der Waals surface area contributed by atoms with Crippen LogP contribution in [0.4, 0.5) is 5.95 Å². The highest BCUT2D eigenvalue weighted by Gasteiger charge is 2.27. The molecule has 1 fully saturated rings. The third-order valence-corrected chi connectivity index (χ3v) is 5.29. The molecule has 1 aliphatic heterocycles. The summed E-state index contributed by atoms with van der Waals surface area (Å²) in [5, 5.41) is 4.05. The average molecular weight is 294 g/mol. The Morgan fingerprint density at radius 1 is 1.45 bits per heavy atom. The molecule has 20 heavy (non-hydrogen) atoms. The Hall–Kier alpha value is -0.810. The Morgan fingerprint density at radius 3 is 2.95 bits per heavy atom. The van der Waals surface area contributed by atoms with Gasteiger partial charge in [0.05, 0.1) is 0 Å². The van der Waals surface area contributed by atoms with Crippen LogP contribution in [0.5, 0.6) is 0 Å². The summed E-state index contributed by atoms with van der Waals surface area (Å²) >= 11 is 2.04. The second kappa shape index (κ2) is 7.27. The molecular formula is C15H26N4S. The minimum atomic E-state index is 0.497. The molecule has 0 aromatic carbocycles. The van der Waals surface area contributed by atoms with Crippen LogP contribution < -0.4 is 10.2 Å². The lowest BCUT2D eigenvalue weighted by Crippen LogP contribution is -2.45. The zero-order valence-corrected chi connectivity index (χ0v) is 13.8. The van der Waals surface area contributed by atoms with Crippen LogP contribution in [0.2, 0.25) is 0 Å². The van der Waals surface area contributed by atoms with E-state index in [1.165, 1.54) is 5.56 Å². The van der Waals surface area contributed by atoms with Crippen LogP contribution in [-0.4, -0.2) is 40.1 Å². The van der Waals surface area contributed by atoms with Gasteiger partial charge in [-0.05, 0) is 26.8 Å². The fourth-order valence-electron chi connectivity index (χ4n) is 2.41. The molecule has 0 spiro atoms. The SMILES string of the molecule is CCCNCc1cnc(N2CCSC(C)C2C)nc1C. The minimum Gasteiger partial charge on any atom is -0.336 e. The van der Waals surface area contributed by atoms with E-state index in [9.17, 15) is 0 Å². The maximum atomic E-state index is 4.73. The number of aromatic nitrogens is 2. The highest BCUT2D eigenvalue weighted by atomic mass is 32.2. The molecular weight excluding hydrogens is 268 g/mol. The molecule has 2 rings (SSSR count). The highest BCUT2D eigenvalue weighted by Crippen LogP contribution is 2.27. The van der Waals surface area contributed by atoms with E-state index in [1.54, 1.807) is 0 Å². The molecule has 4 nitrogen and oxygen atoms in total. The average Bonchev–Trinajstić information content (AvgIpc) is 2.44. The first-order chi connectivity index (χ1) is 9.63. The first-order valence-corrected chi connectivity index (χ1v) is 8.59. The second-order valence-corrected chi connectivity index (χ2v) is 6.95. The van der Waals surface area contributed by atoms with E-state index in [0.717, 1.165) is 43.5 Å². The van der Waals surface area contributed by atoms with Crippen LogP contribution in [0.15, 0.2) is 6.20 Å². The number of nitrogens with one attached hydrogen (secondary N) is 1. The van der Waals surface area contributed by atoms with Crippen molar-refractivity contribution in [2.45, 2.75) is 52.0 Å². The lowest BCUT2D eigenvalue weighted by Gasteiger charge is -2.37. The van der Waals surface area contributed by atoms with Crippen molar-refractivity contribution in [1.29, 1.82) is 0 Å². The van der Waals surface area contributed by atoms with E-state index in [0.29, 0.717) is 11.3 Å². The number of aryl methyl sites for hydroxylation is 1. The van der Waals surface area contributed by atoms with Gasteiger partial charge in [-0.3, -0.25) is 0 Å². The molecule has 1 saturated heterocycles. The van der Waals surface area contributed by atoms with Crippen molar-refractivity contribution in [3.05, 3.63) is 17.5 Å². The third-order valence-electron chi connectivity index (χ3n) is 3.95. The Labute approximate surface area is 126 Å². The van der Waals surface area contributed by atoms with Crippen LogP contribution in [-0.2, 0) is 6.54 Å². The molecule has 5 heteroatoms. The normalized spacial score (nSPS) is 23.1. The summed E-state index contributed by atoms with van der Waals surface area (Å²) in [4.78, 5) is 11.7. The van der Waals surface area contributed by atoms with Gasteiger partial charge in [-0.1, -0.05) is 13.8 Å². The summed E-state index contributed by atoms with van der Waals surface area (Å²) in [6.45, 7) is 11.8. The van der Waals surface area contributed by atoms with Crippen LogP contribution in [0.3, 0.4) is 0 Å². The summed E-state index contributed by atoms with van der Waals surface area (Å²) in [7, 11) is 0. The number of hydrogen-bond donors (Lipinski definition) is 1. The molecule has 1 N–H and O–H groups in total. The smallest absolute Gasteiger partial charge is 0.225 e. The first-order valence-electron chi connectivity index (χ1n) is 7.55. The van der Waals surface area contributed by atoms with Gasteiger partial charge in [0, 0.05) is 47.6 Å². The number of hydrogen-bond acceptors (Lipinski definition) is 5. The molecule has 1 aliphatic rings. The minimum absolute atomic E-state index is 0.497. The third kappa shape index (κ3) is 3.64. The summed E-state index contributed by atoms with van der Waals surface area (Å²) < 4.78 is 0. The van der Waals surface area contributed by atoms with Gasteiger partial charge in [0.1, 0.15) is 0 Å². The Morgan fingerprint density at radius 2 is 2.25 bits per heavy atom. The Balaban J connectivity index is 2.08. The fourth-order valence-corrected chi connectivity index (χ4v) is 3.51. The van der Waals surface area contributed by atoms with Crippen molar-refractivity contribution < 1.29 is 0 Å². The number of thioether (sulfide) groups is 1. The summed E-state index contributed by atoms with van der Waals surface area (Å²) in [5.74, 6) is 2.05. The number of rotatable bonds is 5. The molecule has 0 aliphatic carbocycles.